The molecule has 102 valence electrons. The van der Waals surface area contributed by atoms with Crippen molar-refractivity contribution in [1.82, 2.24) is 4.98 Å². The summed E-state index contributed by atoms with van der Waals surface area (Å²) in [5.74, 6) is 0. The number of anilines is 1. The van der Waals surface area contributed by atoms with Gasteiger partial charge < -0.3 is 10.6 Å². The van der Waals surface area contributed by atoms with E-state index in [0.29, 0.717) is 0 Å². The van der Waals surface area contributed by atoms with Gasteiger partial charge in [-0.15, -0.1) is 11.3 Å². The van der Waals surface area contributed by atoms with Gasteiger partial charge in [0.25, 0.3) is 0 Å². The number of thiazole rings is 1. The average Bonchev–Trinajstić information content (AvgIpc) is 2.68. The number of aromatic nitrogens is 1. The maximum absolute atomic E-state index is 6.27. The second kappa shape index (κ2) is 5.72. The van der Waals surface area contributed by atoms with Gasteiger partial charge in [-0.05, 0) is 31.5 Å². The maximum atomic E-state index is 6.27. The van der Waals surface area contributed by atoms with E-state index in [1.165, 1.54) is 10.6 Å². The van der Waals surface area contributed by atoms with Crippen molar-refractivity contribution in [3.05, 3.63) is 45.4 Å². The Morgan fingerprint density at radius 2 is 1.84 bits per heavy atom. The molecule has 2 N–H and O–H groups in total. The summed E-state index contributed by atoms with van der Waals surface area (Å²) in [6.07, 6.45) is 0.806. The number of hydrogen-bond donors (Lipinski definition) is 1. The lowest BCUT2D eigenvalue weighted by atomic mass is 10.0. The summed E-state index contributed by atoms with van der Waals surface area (Å²) in [5.41, 5.74) is 9.74. The minimum Gasteiger partial charge on any atom is -0.378 e. The van der Waals surface area contributed by atoms with Crippen LogP contribution in [0.25, 0.3) is 0 Å². The molecule has 0 aliphatic carbocycles. The second-order valence-electron chi connectivity index (χ2n) is 5.05. The summed E-state index contributed by atoms with van der Waals surface area (Å²) < 4.78 is 0. The van der Waals surface area contributed by atoms with E-state index in [1.54, 1.807) is 11.3 Å². The van der Waals surface area contributed by atoms with Crippen molar-refractivity contribution in [2.24, 2.45) is 5.73 Å². The summed E-state index contributed by atoms with van der Waals surface area (Å²) in [6, 6.07) is 8.43. The predicted molar refractivity (Wildman–Crippen MR) is 83.0 cm³/mol. The molecular weight excluding hydrogens is 254 g/mol. The monoisotopic (exact) mass is 275 g/mol. The summed E-state index contributed by atoms with van der Waals surface area (Å²) >= 11 is 1.75. The van der Waals surface area contributed by atoms with Crippen LogP contribution in [0.1, 0.15) is 27.2 Å². The summed E-state index contributed by atoms with van der Waals surface area (Å²) in [5, 5.41) is 1.12. The third-order valence-corrected chi connectivity index (χ3v) is 4.40. The van der Waals surface area contributed by atoms with Gasteiger partial charge in [0, 0.05) is 37.1 Å². The van der Waals surface area contributed by atoms with Gasteiger partial charge in [-0.25, -0.2) is 4.98 Å². The Bertz CT molecular complexity index is 524. The highest BCUT2D eigenvalue weighted by Gasteiger charge is 2.11. The molecule has 1 atom stereocenters. The number of rotatable bonds is 4. The van der Waals surface area contributed by atoms with E-state index in [0.717, 1.165) is 22.7 Å². The highest BCUT2D eigenvalue weighted by Crippen LogP contribution is 2.23. The second-order valence-corrected chi connectivity index (χ2v) is 6.33. The van der Waals surface area contributed by atoms with Crippen LogP contribution < -0.4 is 10.6 Å². The zero-order valence-corrected chi connectivity index (χ0v) is 12.8. The molecule has 0 saturated heterocycles. The van der Waals surface area contributed by atoms with E-state index in [1.807, 2.05) is 21.0 Å². The van der Waals surface area contributed by atoms with Crippen molar-refractivity contribution in [2.75, 3.05) is 19.0 Å². The fraction of sp³-hybridized carbons (Fsp3) is 0.400. The number of nitrogens with two attached hydrogens (primary N) is 1. The molecule has 0 spiro atoms. The lowest BCUT2D eigenvalue weighted by Gasteiger charge is -2.15. The third kappa shape index (κ3) is 3.33. The first kappa shape index (κ1) is 14.0. The number of aryl methyl sites for hydroxylation is 2. The first-order chi connectivity index (χ1) is 8.97. The Morgan fingerprint density at radius 3 is 2.32 bits per heavy atom. The Kier molecular flexibility index (Phi) is 4.22. The Morgan fingerprint density at radius 1 is 1.21 bits per heavy atom. The molecule has 1 heterocycles. The van der Waals surface area contributed by atoms with Crippen LogP contribution >= 0.6 is 11.3 Å². The van der Waals surface area contributed by atoms with Crippen LogP contribution in [-0.4, -0.2) is 19.1 Å². The molecule has 0 aliphatic heterocycles. The topological polar surface area (TPSA) is 42.1 Å². The molecule has 0 radical (unpaired) electrons. The predicted octanol–water partition coefficient (Wildman–Crippen LogP) is 3.07. The summed E-state index contributed by atoms with van der Waals surface area (Å²) in [6.45, 7) is 4.15. The molecule has 4 heteroatoms. The van der Waals surface area contributed by atoms with E-state index in [9.17, 15) is 0 Å². The minimum atomic E-state index is 0.0150. The number of benzene rings is 1. The quantitative estimate of drug-likeness (QED) is 0.932. The number of nitrogens with zero attached hydrogens (tertiary/aromatic N) is 2. The van der Waals surface area contributed by atoms with Crippen LogP contribution in [0.2, 0.25) is 0 Å². The largest absolute Gasteiger partial charge is 0.378 e. The Balaban J connectivity index is 2.09. The molecule has 2 aromatic rings. The van der Waals surface area contributed by atoms with Crippen molar-refractivity contribution < 1.29 is 0 Å². The summed E-state index contributed by atoms with van der Waals surface area (Å²) in [7, 11) is 4.08. The zero-order chi connectivity index (χ0) is 14.0. The van der Waals surface area contributed by atoms with Gasteiger partial charge in [-0.3, -0.25) is 0 Å². The normalized spacial score (nSPS) is 12.5. The minimum absolute atomic E-state index is 0.0150. The van der Waals surface area contributed by atoms with Gasteiger partial charge in [0.05, 0.1) is 10.7 Å². The molecule has 1 aromatic heterocycles. The van der Waals surface area contributed by atoms with Crippen molar-refractivity contribution in [3.63, 3.8) is 0 Å². The standard InChI is InChI=1S/C15H21N3S/c1-10-11(2)19-15(17-10)9-14(16)12-5-7-13(8-6-12)18(3)4/h5-8,14H,9,16H2,1-4H3. The van der Waals surface area contributed by atoms with Crippen LogP contribution in [0.3, 0.4) is 0 Å². The average molecular weight is 275 g/mol. The van der Waals surface area contributed by atoms with Crippen molar-refractivity contribution in [3.8, 4) is 0 Å². The smallest absolute Gasteiger partial charge is 0.0949 e. The van der Waals surface area contributed by atoms with Crippen molar-refractivity contribution in [2.45, 2.75) is 26.3 Å². The van der Waals surface area contributed by atoms with Crippen molar-refractivity contribution >= 4 is 17.0 Å². The Hall–Kier alpha value is -1.39. The molecule has 0 saturated carbocycles. The van der Waals surface area contributed by atoms with E-state index in [-0.39, 0.29) is 6.04 Å². The first-order valence-electron chi connectivity index (χ1n) is 6.43. The third-order valence-electron chi connectivity index (χ3n) is 3.30. The maximum Gasteiger partial charge on any atom is 0.0949 e. The fourth-order valence-electron chi connectivity index (χ4n) is 1.95. The van der Waals surface area contributed by atoms with Gasteiger partial charge in [-0.1, -0.05) is 12.1 Å². The fourth-order valence-corrected chi connectivity index (χ4v) is 2.94. The first-order valence-corrected chi connectivity index (χ1v) is 7.25. The zero-order valence-electron chi connectivity index (χ0n) is 12.0. The molecule has 1 unspecified atom stereocenters. The van der Waals surface area contributed by atoms with Gasteiger partial charge in [0.1, 0.15) is 0 Å². The van der Waals surface area contributed by atoms with Gasteiger partial charge in [0.15, 0.2) is 0 Å². The molecule has 0 bridgehead atoms. The van der Waals surface area contributed by atoms with Gasteiger partial charge in [-0.2, -0.15) is 0 Å². The number of hydrogen-bond acceptors (Lipinski definition) is 4. The van der Waals surface area contributed by atoms with Crippen LogP contribution in [0.5, 0.6) is 0 Å². The van der Waals surface area contributed by atoms with Crippen LogP contribution in [-0.2, 0) is 6.42 Å². The van der Waals surface area contributed by atoms with Gasteiger partial charge in [0.2, 0.25) is 0 Å². The molecule has 1 aromatic carbocycles. The van der Waals surface area contributed by atoms with E-state index in [4.69, 9.17) is 5.73 Å². The molecule has 2 rings (SSSR count). The molecule has 0 aliphatic rings. The highest BCUT2D eigenvalue weighted by atomic mass is 32.1. The van der Waals surface area contributed by atoms with Crippen molar-refractivity contribution in [1.29, 1.82) is 0 Å². The molecule has 3 nitrogen and oxygen atoms in total. The Labute approximate surface area is 119 Å². The highest BCUT2D eigenvalue weighted by molar-refractivity contribution is 7.11. The molecule has 0 amide bonds. The van der Waals surface area contributed by atoms with Crippen LogP contribution in [0.4, 0.5) is 5.69 Å². The van der Waals surface area contributed by atoms with Crippen LogP contribution in [0.15, 0.2) is 24.3 Å². The summed E-state index contributed by atoms with van der Waals surface area (Å²) in [4.78, 5) is 7.92. The van der Waals surface area contributed by atoms with Crippen LogP contribution in [0, 0.1) is 13.8 Å². The molecule has 0 fully saturated rings. The van der Waals surface area contributed by atoms with E-state index < -0.39 is 0 Å². The van der Waals surface area contributed by atoms with E-state index >= 15 is 0 Å². The SMILES string of the molecule is Cc1nc(CC(N)c2ccc(N(C)C)cc2)sc1C. The van der Waals surface area contributed by atoms with Gasteiger partial charge >= 0.3 is 0 Å². The lowest BCUT2D eigenvalue weighted by Crippen LogP contribution is -2.14. The molecule has 19 heavy (non-hydrogen) atoms. The lowest BCUT2D eigenvalue weighted by molar-refractivity contribution is 0.716. The van der Waals surface area contributed by atoms with E-state index in [2.05, 4.69) is 41.1 Å². The molecular formula is C15H21N3S.